The molecule has 30 heavy (non-hydrogen) atoms. The third-order valence-electron chi connectivity index (χ3n) is 5.33. The van der Waals surface area contributed by atoms with Gasteiger partial charge in [0.1, 0.15) is 23.4 Å². The molecule has 1 amide bonds. The average Bonchev–Trinajstić information content (AvgIpc) is 3.15. The molecule has 0 fully saturated rings. The molecule has 156 valence electrons. The van der Waals surface area contributed by atoms with Crippen LogP contribution < -0.4 is 10.2 Å². The predicted octanol–water partition coefficient (Wildman–Crippen LogP) is 3.38. The molecule has 1 N–H and O–H groups in total. The van der Waals surface area contributed by atoms with E-state index in [-0.39, 0.29) is 17.8 Å². The predicted molar refractivity (Wildman–Crippen MR) is 113 cm³/mol. The summed E-state index contributed by atoms with van der Waals surface area (Å²) in [6.07, 6.45) is 5.12. The molecule has 0 unspecified atom stereocenters. The van der Waals surface area contributed by atoms with Crippen molar-refractivity contribution in [1.82, 2.24) is 19.7 Å². The van der Waals surface area contributed by atoms with E-state index in [1.54, 1.807) is 16.9 Å². The van der Waals surface area contributed by atoms with E-state index in [0.29, 0.717) is 23.7 Å². The summed E-state index contributed by atoms with van der Waals surface area (Å²) in [6, 6.07) is 4.08. The van der Waals surface area contributed by atoms with Crippen LogP contribution in [0, 0.1) is 12.7 Å². The Kier molecular flexibility index (Phi) is 5.42. The zero-order valence-electron chi connectivity index (χ0n) is 17.0. The van der Waals surface area contributed by atoms with Crippen LogP contribution in [0.25, 0.3) is 0 Å². The fraction of sp³-hybridized carbons (Fsp3) is 0.333. The van der Waals surface area contributed by atoms with Crippen molar-refractivity contribution in [1.29, 1.82) is 0 Å². The van der Waals surface area contributed by atoms with Crippen LogP contribution in [0.4, 0.5) is 15.9 Å². The number of likely N-dealkylation sites (N-methyl/N-ethyl adjacent to an activating group) is 1. The van der Waals surface area contributed by atoms with Crippen LogP contribution in [-0.4, -0.2) is 38.7 Å². The minimum Gasteiger partial charge on any atom is -0.346 e. The van der Waals surface area contributed by atoms with Gasteiger partial charge in [-0.1, -0.05) is 17.7 Å². The van der Waals surface area contributed by atoms with Crippen molar-refractivity contribution < 1.29 is 9.18 Å². The Labute approximate surface area is 178 Å². The van der Waals surface area contributed by atoms with Crippen molar-refractivity contribution in [3.63, 3.8) is 0 Å². The van der Waals surface area contributed by atoms with Gasteiger partial charge >= 0.3 is 0 Å². The Morgan fingerprint density at radius 1 is 1.27 bits per heavy atom. The molecule has 0 saturated heterocycles. The summed E-state index contributed by atoms with van der Waals surface area (Å²) in [5, 5.41) is 7.65. The number of hydrogen-bond donors (Lipinski definition) is 1. The lowest BCUT2D eigenvalue weighted by Crippen LogP contribution is -2.45. The first-order valence-electron chi connectivity index (χ1n) is 9.68. The van der Waals surface area contributed by atoms with Gasteiger partial charge in [-0.15, -0.1) is 0 Å². The van der Waals surface area contributed by atoms with Crippen LogP contribution in [0.3, 0.4) is 0 Å². The molecule has 4 rings (SSSR count). The van der Waals surface area contributed by atoms with E-state index in [9.17, 15) is 9.18 Å². The zero-order chi connectivity index (χ0) is 21.4. The van der Waals surface area contributed by atoms with Crippen LogP contribution in [0.2, 0.25) is 5.02 Å². The first-order chi connectivity index (χ1) is 14.3. The molecule has 0 spiro atoms. The van der Waals surface area contributed by atoms with Crippen LogP contribution in [-0.2, 0) is 24.2 Å². The van der Waals surface area contributed by atoms with Crippen LogP contribution >= 0.6 is 11.6 Å². The number of anilines is 2. The van der Waals surface area contributed by atoms with Gasteiger partial charge in [-0.05, 0) is 43.5 Å². The van der Waals surface area contributed by atoms with Gasteiger partial charge in [-0.2, -0.15) is 5.10 Å². The van der Waals surface area contributed by atoms with E-state index >= 15 is 0 Å². The monoisotopic (exact) mass is 428 g/mol. The molecule has 2 aromatic heterocycles. The molecule has 0 radical (unpaired) electrons. The smallest absolute Gasteiger partial charge is 0.246 e. The van der Waals surface area contributed by atoms with E-state index in [4.69, 9.17) is 11.6 Å². The summed E-state index contributed by atoms with van der Waals surface area (Å²) in [5.74, 6) is 1.05. The Bertz CT molecular complexity index is 1110. The van der Waals surface area contributed by atoms with Crippen molar-refractivity contribution in [2.45, 2.75) is 39.3 Å². The number of rotatable bonds is 5. The maximum Gasteiger partial charge on any atom is 0.246 e. The van der Waals surface area contributed by atoms with Crippen molar-refractivity contribution >= 4 is 29.0 Å². The Morgan fingerprint density at radius 2 is 2.07 bits per heavy atom. The topological polar surface area (TPSA) is 75.9 Å². The molecule has 3 heterocycles. The third-order valence-corrected chi connectivity index (χ3v) is 5.68. The van der Waals surface area contributed by atoms with Crippen molar-refractivity contribution in [2.24, 2.45) is 0 Å². The Balaban J connectivity index is 1.46. The standard InChI is InChI=1S/C21H22ClFN6O/c1-12-19-20(28(3)13(2)21(30)27-19)26-18(25-12)7-4-14-9-24-29(10-14)11-15-5-6-16(23)8-17(15)22/h5-6,8-10,13H,4,7,11H2,1-3H3,(H,27,30)/t13-/m0/s1. The largest absolute Gasteiger partial charge is 0.346 e. The number of amides is 1. The van der Waals surface area contributed by atoms with Gasteiger partial charge in [0.05, 0.1) is 18.4 Å². The molecule has 0 aliphatic carbocycles. The summed E-state index contributed by atoms with van der Waals surface area (Å²) in [7, 11) is 1.86. The number of nitrogens with one attached hydrogen (secondary N) is 1. The van der Waals surface area contributed by atoms with Gasteiger partial charge < -0.3 is 10.2 Å². The lowest BCUT2D eigenvalue weighted by molar-refractivity contribution is -0.117. The summed E-state index contributed by atoms with van der Waals surface area (Å²) in [4.78, 5) is 23.1. The van der Waals surface area contributed by atoms with E-state index in [0.717, 1.165) is 34.9 Å². The normalized spacial score (nSPS) is 15.8. The maximum absolute atomic E-state index is 13.2. The molecule has 7 nitrogen and oxygen atoms in total. The highest BCUT2D eigenvalue weighted by atomic mass is 35.5. The number of benzene rings is 1. The van der Waals surface area contributed by atoms with E-state index in [1.165, 1.54) is 12.1 Å². The highest BCUT2D eigenvalue weighted by Crippen LogP contribution is 2.31. The van der Waals surface area contributed by atoms with Gasteiger partial charge in [-0.3, -0.25) is 9.48 Å². The van der Waals surface area contributed by atoms with E-state index < -0.39 is 0 Å². The molecule has 0 saturated carbocycles. The van der Waals surface area contributed by atoms with Crippen molar-refractivity contribution in [3.05, 3.63) is 64.1 Å². The van der Waals surface area contributed by atoms with Crippen LogP contribution in [0.1, 0.15) is 29.6 Å². The molecule has 1 atom stereocenters. The lowest BCUT2D eigenvalue weighted by atomic mass is 10.1. The lowest BCUT2D eigenvalue weighted by Gasteiger charge is -2.32. The van der Waals surface area contributed by atoms with Crippen molar-refractivity contribution in [2.75, 3.05) is 17.3 Å². The third kappa shape index (κ3) is 4.00. The average molecular weight is 429 g/mol. The van der Waals surface area contributed by atoms with Gasteiger partial charge in [0.15, 0.2) is 5.82 Å². The quantitative estimate of drug-likeness (QED) is 0.674. The fourth-order valence-corrected chi connectivity index (χ4v) is 3.64. The molecule has 9 heteroatoms. The first-order valence-corrected chi connectivity index (χ1v) is 10.1. The minimum atomic E-state index is -0.357. The van der Waals surface area contributed by atoms with Gasteiger partial charge in [0.2, 0.25) is 5.91 Å². The highest BCUT2D eigenvalue weighted by molar-refractivity contribution is 6.31. The molecule has 1 aliphatic heterocycles. The number of fused-ring (bicyclic) bond motifs is 1. The molecule has 3 aromatic rings. The van der Waals surface area contributed by atoms with Gasteiger partial charge in [0, 0.05) is 24.7 Å². The molecular formula is C21H22ClFN6O. The Morgan fingerprint density at radius 3 is 2.83 bits per heavy atom. The number of nitrogens with zero attached hydrogens (tertiary/aromatic N) is 5. The summed E-state index contributed by atoms with van der Waals surface area (Å²) < 4.78 is 15.0. The van der Waals surface area contributed by atoms with Crippen molar-refractivity contribution in [3.8, 4) is 0 Å². The van der Waals surface area contributed by atoms with Gasteiger partial charge in [-0.25, -0.2) is 14.4 Å². The highest BCUT2D eigenvalue weighted by Gasteiger charge is 2.30. The second-order valence-electron chi connectivity index (χ2n) is 7.48. The SMILES string of the molecule is Cc1nc(CCc2cnn(Cc3ccc(F)cc3Cl)c2)nc2c1NC(=O)[C@H](C)N2C. The number of hydrogen-bond acceptors (Lipinski definition) is 5. The summed E-state index contributed by atoms with van der Waals surface area (Å²) in [5.41, 5.74) is 3.28. The van der Waals surface area contributed by atoms with E-state index in [1.807, 2.05) is 32.0 Å². The zero-order valence-corrected chi connectivity index (χ0v) is 17.7. The Hall–Kier alpha value is -3.00. The number of carbonyl (C=O) groups is 1. The van der Waals surface area contributed by atoms with Crippen LogP contribution in [0.15, 0.2) is 30.6 Å². The maximum atomic E-state index is 13.2. The van der Waals surface area contributed by atoms with Crippen LogP contribution in [0.5, 0.6) is 0 Å². The molecular weight excluding hydrogens is 407 g/mol. The number of carbonyl (C=O) groups excluding carboxylic acids is 1. The second-order valence-corrected chi connectivity index (χ2v) is 7.89. The first kappa shape index (κ1) is 20.3. The second kappa shape index (κ2) is 8.02. The molecule has 0 bridgehead atoms. The number of aromatic nitrogens is 4. The van der Waals surface area contributed by atoms with E-state index in [2.05, 4.69) is 20.4 Å². The summed E-state index contributed by atoms with van der Waals surface area (Å²) in [6.45, 7) is 4.19. The summed E-state index contributed by atoms with van der Waals surface area (Å²) >= 11 is 6.10. The van der Waals surface area contributed by atoms with Gasteiger partial charge in [0.25, 0.3) is 0 Å². The minimum absolute atomic E-state index is 0.0573. The number of aryl methyl sites for hydroxylation is 3. The molecule has 1 aromatic carbocycles. The molecule has 1 aliphatic rings. The number of halogens is 2. The fourth-order valence-electron chi connectivity index (χ4n) is 3.42.